The molecule has 0 spiro atoms. The van der Waals surface area contributed by atoms with Gasteiger partial charge in [-0.3, -0.25) is 9.59 Å². The number of rotatable bonds is 13. The Labute approximate surface area is 193 Å². The minimum absolute atomic E-state index is 0. The summed E-state index contributed by atoms with van der Waals surface area (Å²) in [7, 11) is 0. The standard InChI is InChI=1S/C15H30O2.C3H6O2.2Na.2H/c1-3-5-6-7-8-9-10-11-12-13-14-17-15(16)4-2;1-2-3(4)5;;;;/h3-14H2,1-2H3;2H2,1H3,(H,4,5);;;;. The number of carbonyl (C=O) groups excluding carboxylic acids is 1. The number of aliphatic carboxylic acids is 1. The molecule has 0 amide bonds. The van der Waals surface area contributed by atoms with E-state index in [2.05, 4.69) is 6.92 Å². The molecule has 6 heteroatoms. The molecule has 0 bridgehead atoms. The van der Waals surface area contributed by atoms with Crippen LogP contribution in [0.15, 0.2) is 0 Å². The Hall–Kier alpha value is 0.940. The summed E-state index contributed by atoms with van der Waals surface area (Å²) in [6, 6.07) is 0. The molecule has 0 saturated heterocycles. The maximum absolute atomic E-state index is 10.8. The SMILES string of the molecule is CCC(=O)O.CCCCCCCCCCCCOC(=O)CC.[NaH].[NaH]. The molecule has 0 atom stereocenters. The third-order valence-electron chi connectivity index (χ3n) is 3.35. The molecule has 0 heterocycles. The average Bonchev–Trinajstić information content (AvgIpc) is 2.52. The van der Waals surface area contributed by atoms with Crippen molar-refractivity contribution in [1.29, 1.82) is 0 Å². The molecule has 0 aromatic rings. The predicted octanol–water partition coefficient (Wildman–Crippen LogP) is 4.04. The molecule has 0 fully saturated rings. The van der Waals surface area contributed by atoms with Crippen LogP contribution in [0.1, 0.15) is 97.8 Å². The third-order valence-corrected chi connectivity index (χ3v) is 3.35. The number of ether oxygens (including phenoxy) is 1. The van der Waals surface area contributed by atoms with Crippen molar-refractivity contribution >= 4 is 71.1 Å². The van der Waals surface area contributed by atoms with E-state index in [-0.39, 0.29) is 71.5 Å². The van der Waals surface area contributed by atoms with Gasteiger partial charge >= 0.3 is 71.1 Å². The number of hydrogen-bond acceptors (Lipinski definition) is 3. The second-order valence-corrected chi connectivity index (χ2v) is 5.50. The normalized spacial score (nSPS) is 8.96. The Balaban J connectivity index is -0.000000250. The molecule has 1 N–H and O–H groups in total. The molecule has 0 aromatic carbocycles. The molecule has 0 aromatic heterocycles. The van der Waals surface area contributed by atoms with Crippen LogP contribution in [-0.2, 0) is 14.3 Å². The van der Waals surface area contributed by atoms with Gasteiger partial charge in [-0.05, 0) is 6.42 Å². The summed E-state index contributed by atoms with van der Waals surface area (Å²) < 4.78 is 5.02. The van der Waals surface area contributed by atoms with Crippen molar-refractivity contribution in [2.24, 2.45) is 0 Å². The van der Waals surface area contributed by atoms with Gasteiger partial charge in [0.05, 0.1) is 6.61 Å². The molecule has 4 nitrogen and oxygen atoms in total. The Morgan fingerprint density at radius 2 is 1.08 bits per heavy atom. The first-order valence-electron chi connectivity index (χ1n) is 8.95. The summed E-state index contributed by atoms with van der Waals surface area (Å²) in [5.74, 6) is -0.814. The molecule has 0 aliphatic heterocycles. The fourth-order valence-corrected chi connectivity index (χ4v) is 1.88. The minimum atomic E-state index is -0.745. The molecule has 0 saturated carbocycles. The Morgan fingerprint density at radius 1 is 0.708 bits per heavy atom. The second kappa shape index (κ2) is 28.7. The molecule has 0 rings (SSSR count). The molecule has 0 aliphatic rings. The fraction of sp³-hybridized carbons (Fsp3) is 0.889. The van der Waals surface area contributed by atoms with Gasteiger partial charge in [-0.15, -0.1) is 0 Å². The number of unbranched alkanes of at least 4 members (excludes halogenated alkanes) is 9. The maximum atomic E-state index is 10.8. The van der Waals surface area contributed by atoms with Crippen molar-refractivity contribution in [3.8, 4) is 0 Å². The quantitative estimate of drug-likeness (QED) is 0.304. The number of carboxylic acid groups (broad SMARTS) is 1. The summed E-state index contributed by atoms with van der Waals surface area (Å²) in [4.78, 5) is 20.2. The third kappa shape index (κ3) is 34.3. The molecule has 0 aliphatic carbocycles. The predicted molar refractivity (Wildman–Crippen MR) is 105 cm³/mol. The van der Waals surface area contributed by atoms with Crippen LogP contribution in [0.2, 0.25) is 0 Å². The van der Waals surface area contributed by atoms with Gasteiger partial charge in [0, 0.05) is 12.8 Å². The summed E-state index contributed by atoms with van der Waals surface area (Å²) in [6.45, 7) is 6.30. The van der Waals surface area contributed by atoms with Crippen LogP contribution in [0, 0.1) is 0 Å². The number of carbonyl (C=O) groups is 2. The first kappa shape index (κ1) is 32.6. The van der Waals surface area contributed by atoms with Crippen LogP contribution in [0.25, 0.3) is 0 Å². The van der Waals surface area contributed by atoms with Crippen LogP contribution in [-0.4, -0.2) is 82.8 Å². The van der Waals surface area contributed by atoms with E-state index in [0.717, 1.165) is 6.42 Å². The molecule has 24 heavy (non-hydrogen) atoms. The molecule has 0 radical (unpaired) electrons. The molecular weight excluding hydrogens is 326 g/mol. The van der Waals surface area contributed by atoms with Crippen LogP contribution in [0.5, 0.6) is 0 Å². The summed E-state index contributed by atoms with van der Waals surface area (Å²) in [5.41, 5.74) is 0. The van der Waals surface area contributed by atoms with Gasteiger partial charge in [-0.1, -0.05) is 78.6 Å². The number of carboxylic acids is 1. The Morgan fingerprint density at radius 3 is 1.42 bits per heavy atom. The fourth-order valence-electron chi connectivity index (χ4n) is 1.88. The van der Waals surface area contributed by atoms with Crippen LogP contribution < -0.4 is 0 Å². The number of esters is 1. The Bertz CT molecular complexity index is 261. The van der Waals surface area contributed by atoms with Crippen LogP contribution in [0.3, 0.4) is 0 Å². The zero-order valence-electron chi connectivity index (χ0n) is 14.9. The van der Waals surface area contributed by atoms with Gasteiger partial charge in [-0.25, -0.2) is 0 Å². The zero-order chi connectivity index (χ0) is 17.1. The zero-order valence-corrected chi connectivity index (χ0v) is 14.9. The van der Waals surface area contributed by atoms with Crippen molar-refractivity contribution in [3.05, 3.63) is 0 Å². The van der Waals surface area contributed by atoms with E-state index in [1.807, 2.05) is 6.92 Å². The van der Waals surface area contributed by atoms with E-state index >= 15 is 0 Å². The van der Waals surface area contributed by atoms with Gasteiger partial charge < -0.3 is 9.84 Å². The van der Waals surface area contributed by atoms with E-state index in [0.29, 0.717) is 13.0 Å². The van der Waals surface area contributed by atoms with Crippen molar-refractivity contribution in [2.45, 2.75) is 97.8 Å². The molecule has 136 valence electrons. The summed E-state index contributed by atoms with van der Waals surface area (Å²) in [5, 5.41) is 7.72. The van der Waals surface area contributed by atoms with E-state index < -0.39 is 5.97 Å². The first-order valence-corrected chi connectivity index (χ1v) is 8.95. The summed E-state index contributed by atoms with van der Waals surface area (Å²) >= 11 is 0. The van der Waals surface area contributed by atoms with Crippen LogP contribution in [0.4, 0.5) is 0 Å². The first-order chi connectivity index (χ1) is 10.6. The van der Waals surface area contributed by atoms with Gasteiger partial charge in [-0.2, -0.15) is 0 Å². The number of hydrogen-bond donors (Lipinski definition) is 1. The van der Waals surface area contributed by atoms with Crippen molar-refractivity contribution in [3.63, 3.8) is 0 Å². The van der Waals surface area contributed by atoms with Gasteiger partial charge in [0.25, 0.3) is 0 Å². The summed E-state index contributed by atoms with van der Waals surface area (Å²) in [6.07, 6.45) is 13.9. The topological polar surface area (TPSA) is 63.6 Å². The van der Waals surface area contributed by atoms with E-state index in [1.54, 1.807) is 6.92 Å². The van der Waals surface area contributed by atoms with Crippen molar-refractivity contribution in [1.82, 2.24) is 0 Å². The van der Waals surface area contributed by atoms with Gasteiger partial charge in [0.15, 0.2) is 0 Å². The average molecular weight is 364 g/mol. The second-order valence-electron chi connectivity index (χ2n) is 5.50. The van der Waals surface area contributed by atoms with Crippen molar-refractivity contribution in [2.75, 3.05) is 6.61 Å². The van der Waals surface area contributed by atoms with E-state index in [4.69, 9.17) is 9.84 Å². The van der Waals surface area contributed by atoms with E-state index in [1.165, 1.54) is 57.8 Å². The Kier molecular flexibility index (Phi) is 39.0. The van der Waals surface area contributed by atoms with E-state index in [9.17, 15) is 9.59 Å². The van der Waals surface area contributed by atoms with Crippen molar-refractivity contribution < 1.29 is 19.4 Å². The molecule has 0 unspecified atom stereocenters. The molecular formula is C18H38Na2O4. The monoisotopic (exact) mass is 364 g/mol. The van der Waals surface area contributed by atoms with Gasteiger partial charge in [0.2, 0.25) is 0 Å². The van der Waals surface area contributed by atoms with Gasteiger partial charge in [0.1, 0.15) is 0 Å². The van der Waals surface area contributed by atoms with Crippen LogP contribution >= 0.6 is 0 Å².